The highest BCUT2D eigenvalue weighted by Crippen LogP contribution is 2.27. The summed E-state index contributed by atoms with van der Waals surface area (Å²) >= 11 is 0. The molecular weight excluding hydrogens is 240 g/mol. The Balaban J connectivity index is 2.65. The van der Waals surface area contributed by atoms with E-state index in [1.54, 1.807) is 0 Å². The Bertz CT molecular complexity index is 444. The maximum atomic E-state index is 11.8. The van der Waals surface area contributed by atoms with Crippen molar-refractivity contribution in [1.29, 1.82) is 0 Å². The van der Waals surface area contributed by atoms with Crippen molar-refractivity contribution in [1.82, 2.24) is 5.32 Å². The van der Waals surface area contributed by atoms with Gasteiger partial charge >= 0.3 is 0 Å². The van der Waals surface area contributed by atoms with Crippen LogP contribution in [0.15, 0.2) is 12.1 Å². The highest BCUT2D eigenvalue weighted by molar-refractivity contribution is 5.78. The third-order valence-electron chi connectivity index (χ3n) is 3.16. The second kappa shape index (κ2) is 5.95. The molecule has 1 rings (SSSR count). The molecule has 0 atom stereocenters. The number of hydrogen-bond donors (Lipinski definition) is 2. The number of anilines is 1. The van der Waals surface area contributed by atoms with Crippen LogP contribution >= 0.6 is 0 Å². The van der Waals surface area contributed by atoms with Crippen molar-refractivity contribution < 1.29 is 9.53 Å². The first-order chi connectivity index (χ1) is 8.75. The van der Waals surface area contributed by atoms with Crippen LogP contribution in [0, 0.1) is 13.8 Å². The van der Waals surface area contributed by atoms with Crippen molar-refractivity contribution in [3.05, 3.63) is 23.3 Å². The summed E-state index contributed by atoms with van der Waals surface area (Å²) in [5.74, 6) is 0.460. The number of nitrogen functional groups attached to an aromatic ring is 1. The van der Waals surface area contributed by atoms with E-state index in [9.17, 15) is 4.79 Å². The van der Waals surface area contributed by atoms with Gasteiger partial charge in [0.25, 0.3) is 5.91 Å². The molecular formula is C15H24N2O2. The van der Waals surface area contributed by atoms with Gasteiger partial charge in [-0.3, -0.25) is 4.79 Å². The molecule has 0 aromatic heterocycles. The Morgan fingerprint density at radius 3 is 2.53 bits per heavy atom. The van der Waals surface area contributed by atoms with E-state index in [4.69, 9.17) is 10.5 Å². The average Bonchev–Trinajstić information content (AvgIpc) is 2.26. The van der Waals surface area contributed by atoms with Gasteiger partial charge in [-0.15, -0.1) is 0 Å². The van der Waals surface area contributed by atoms with Gasteiger partial charge in [0.05, 0.1) is 5.69 Å². The summed E-state index contributed by atoms with van der Waals surface area (Å²) in [5.41, 5.74) is 8.29. The Kier molecular flexibility index (Phi) is 4.81. The SMILES string of the molecule is CCC(C)(C)NC(=O)COc1c(C)cc(C)cc1N. The molecule has 4 heteroatoms. The molecule has 106 valence electrons. The summed E-state index contributed by atoms with van der Waals surface area (Å²) in [5, 5.41) is 2.92. The van der Waals surface area contributed by atoms with Crippen LogP contribution in [0.3, 0.4) is 0 Å². The van der Waals surface area contributed by atoms with Gasteiger partial charge in [0.1, 0.15) is 5.75 Å². The van der Waals surface area contributed by atoms with Crippen LogP contribution in [0.25, 0.3) is 0 Å². The predicted molar refractivity (Wildman–Crippen MR) is 78.3 cm³/mol. The van der Waals surface area contributed by atoms with E-state index in [1.807, 2.05) is 46.8 Å². The first kappa shape index (κ1) is 15.3. The van der Waals surface area contributed by atoms with Crippen molar-refractivity contribution in [2.45, 2.75) is 46.6 Å². The van der Waals surface area contributed by atoms with Crippen molar-refractivity contribution >= 4 is 11.6 Å². The molecule has 0 aliphatic carbocycles. The van der Waals surface area contributed by atoms with Crippen molar-refractivity contribution in [2.24, 2.45) is 0 Å². The van der Waals surface area contributed by atoms with E-state index in [2.05, 4.69) is 5.32 Å². The van der Waals surface area contributed by atoms with Crippen LogP contribution in [0.5, 0.6) is 5.75 Å². The first-order valence-electron chi connectivity index (χ1n) is 6.55. The molecule has 0 aliphatic heterocycles. The molecule has 0 heterocycles. The van der Waals surface area contributed by atoms with Crippen LogP contribution in [0.1, 0.15) is 38.3 Å². The van der Waals surface area contributed by atoms with Crippen molar-refractivity contribution in [3.8, 4) is 5.75 Å². The molecule has 4 nitrogen and oxygen atoms in total. The van der Waals surface area contributed by atoms with Gasteiger partial charge in [0.2, 0.25) is 0 Å². The predicted octanol–water partition coefficient (Wildman–Crippen LogP) is 2.57. The summed E-state index contributed by atoms with van der Waals surface area (Å²) in [6.45, 7) is 9.88. The fourth-order valence-corrected chi connectivity index (χ4v) is 1.82. The van der Waals surface area contributed by atoms with E-state index in [0.717, 1.165) is 17.5 Å². The third-order valence-corrected chi connectivity index (χ3v) is 3.16. The monoisotopic (exact) mass is 264 g/mol. The molecule has 0 fully saturated rings. The van der Waals surface area contributed by atoms with Crippen LogP contribution < -0.4 is 15.8 Å². The fourth-order valence-electron chi connectivity index (χ4n) is 1.82. The summed E-state index contributed by atoms with van der Waals surface area (Å²) in [7, 11) is 0. The molecule has 3 N–H and O–H groups in total. The number of amides is 1. The van der Waals surface area contributed by atoms with Gasteiger partial charge in [0, 0.05) is 5.54 Å². The lowest BCUT2D eigenvalue weighted by Gasteiger charge is -2.24. The number of nitrogens with one attached hydrogen (secondary N) is 1. The minimum absolute atomic E-state index is 0.0163. The molecule has 0 spiro atoms. The Morgan fingerprint density at radius 2 is 2.00 bits per heavy atom. The summed E-state index contributed by atoms with van der Waals surface area (Å²) in [4.78, 5) is 11.8. The zero-order valence-corrected chi connectivity index (χ0v) is 12.5. The molecule has 0 saturated carbocycles. The minimum atomic E-state index is -0.214. The zero-order chi connectivity index (χ0) is 14.6. The lowest BCUT2D eigenvalue weighted by atomic mass is 10.0. The molecule has 19 heavy (non-hydrogen) atoms. The van der Waals surface area contributed by atoms with Gasteiger partial charge < -0.3 is 15.8 Å². The summed E-state index contributed by atoms with van der Waals surface area (Å²) in [6.07, 6.45) is 0.866. The fraction of sp³-hybridized carbons (Fsp3) is 0.533. The summed E-state index contributed by atoms with van der Waals surface area (Å²) < 4.78 is 5.54. The van der Waals surface area contributed by atoms with Crippen LogP contribution in [0.4, 0.5) is 5.69 Å². The topological polar surface area (TPSA) is 64.3 Å². The van der Waals surface area contributed by atoms with Gasteiger partial charge in [-0.1, -0.05) is 13.0 Å². The smallest absolute Gasteiger partial charge is 0.258 e. The second-order valence-corrected chi connectivity index (χ2v) is 5.57. The van der Waals surface area contributed by atoms with Crippen LogP contribution in [-0.2, 0) is 4.79 Å². The van der Waals surface area contributed by atoms with Crippen molar-refractivity contribution in [3.63, 3.8) is 0 Å². The largest absolute Gasteiger partial charge is 0.481 e. The molecule has 0 saturated heterocycles. The number of nitrogens with two attached hydrogens (primary N) is 1. The zero-order valence-electron chi connectivity index (χ0n) is 12.5. The van der Waals surface area contributed by atoms with E-state index in [0.29, 0.717) is 11.4 Å². The molecule has 1 aromatic rings. The number of ether oxygens (including phenoxy) is 1. The highest BCUT2D eigenvalue weighted by atomic mass is 16.5. The first-order valence-corrected chi connectivity index (χ1v) is 6.55. The summed E-state index contributed by atoms with van der Waals surface area (Å²) in [6, 6.07) is 3.83. The van der Waals surface area contributed by atoms with Crippen LogP contribution in [0.2, 0.25) is 0 Å². The minimum Gasteiger partial charge on any atom is -0.481 e. The molecule has 1 aromatic carbocycles. The average molecular weight is 264 g/mol. The van der Waals surface area contributed by atoms with E-state index < -0.39 is 0 Å². The van der Waals surface area contributed by atoms with E-state index in [-0.39, 0.29) is 18.1 Å². The second-order valence-electron chi connectivity index (χ2n) is 5.57. The lowest BCUT2D eigenvalue weighted by molar-refractivity contribution is -0.124. The van der Waals surface area contributed by atoms with E-state index in [1.165, 1.54) is 0 Å². The normalized spacial score (nSPS) is 11.2. The lowest BCUT2D eigenvalue weighted by Crippen LogP contribution is -2.44. The van der Waals surface area contributed by atoms with Gasteiger partial charge in [-0.05, 0) is 51.3 Å². The van der Waals surface area contributed by atoms with Gasteiger partial charge in [-0.25, -0.2) is 0 Å². The Morgan fingerprint density at radius 1 is 1.37 bits per heavy atom. The standard InChI is InChI=1S/C15H24N2O2/c1-6-15(4,5)17-13(18)9-19-14-11(3)7-10(2)8-12(14)16/h7-8H,6,9,16H2,1-5H3,(H,17,18). The third kappa shape index (κ3) is 4.47. The number of rotatable bonds is 5. The quantitative estimate of drug-likeness (QED) is 0.803. The van der Waals surface area contributed by atoms with Crippen LogP contribution in [-0.4, -0.2) is 18.1 Å². The molecule has 0 bridgehead atoms. The number of carbonyl (C=O) groups is 1. The molecule has 0 radical (unpaired) electrons. The van der Waals surface area contributed by atoms with Crippen molar-refractivity contribution in [2.75, 3.05) is 12.3 Å². The maximum absolute atomic E-state index is 11.8. The molecule has 0 unspecified atom stereocenters. The number of aryl methyl sites for hydroxylation is 2. The van der Waals surface area contributed by atoms with E-state index >= 15 is 0 Å². The number of carbonyl (C=O) groups excluding carboxylic acids is 1. The van der Waals surface area contributed by atoms with Gasteiger partial charge in [0.15, 0.2) is 6.61 Å². The highest BCUT2D eigenvalue weighted by Gasteiger charge is 2.18. The van der Waals surface area contributed by atoms with Gasteiger partial charge in [-0.2, -0.15) is 0 Å². The Labute approximate surface area is 115 Å². The maximum Gasteiger partial charge on any atom is 0.258 e. The molecule has 0 aliphatic rings. The number of benzene rings is 1. The Hall–Kier alpha value is -1.71. The molecule has 1 amide bonds. The number of hydrogen-bond acceptors (Lipinski definition) is 3.